The monoisotopic (exact) mass is 317 g/mol. The van der Waals surface area contributed by atoms with Gasteiger partial charge in [0.15, 0.2) is 9.84 Å². The van der Waals surface area contributed by atoms with Crippen LogP contribution in [0.4, 0.5) is 5.69 Å². The summed E-state index contributed by atoms with van der Waals surface area (Å²) < 4.78 is 40.0. The highest BCUT2D eigenvalue weighted by Crippen LogP contribution is 2.25. The van der Waals surface area contributed by atoms with Crippen LogP contribution in [0.5, 0.6) is 5.75 Å². The molecule has 7 heteroatoms. The van der Waals surface area contributed by atoms with Crippen LogP contribution in [0.1, 0.15) is 13.3 Å². The third kappa shape index (κ3) is 5.91. The largest absolute Gasteiger partial charge is 0.494 e. The van der Waals surface area contributed by atoms with Crippen molar-refractivity contribution in [2.45, 2.75) is 18.2 Å². The number of rotatable bonds is 10. The van der Waals surface area contributed by atoms with Crippen LogP contribution in [-0.4, -0.2) is 47.7 Å². The van der Waals surface area contributed by atoms with Gasteiger partial charge in [-0.25, -0.2) is 8.42 Å². The zero-order valence-corrected chi connectivity index (χ0v) is 13.3. The predicted octanol–water partition coefficient (Wildman–Crippen LogP) is 1.49. The molecular formula is C14H23NO5S. The fourth-order valence-corrected chi connectivity index (χ4v) is 3.01. The highest BCUT2D eigenvalue weighted by molar-refractivity contribution is 7.91. The molecule has 0 radical (unpaired) electrons. The molecule has 2 N–H and O–H groups in total. The van der Waals surface area contributed by atoms with Crippen LogP contribution in [0.15, 0.2) is 23.1 Å². The van der Waals surface area contributed by atoms with Crippen molar-refractivity contribution < 1.29 is 22.6 Å². The quantitative estimate of drug-likeness (QED) is 0.519. The minimum atomic E-state index is -3.49. The Hall–Kier alpha value is -1.31. The second kappa shape index (κ2) is 8.86. The van der Waals surface area contributed by atoms with Gasteiger partial charge in [-0.2, -0.15) is 0 Å². The Labute approximate surface area is 126 Å². The van der Waals surface area contributed by atoms with Gasteiger partial charge in [0.25, 0.3) is 0 Å². The van der Waals surface area contributed by atoms with Gasteiger partial charge in [-0.3, -0.25) is 0 Å². The minimum Gasteiger partial charge on any atom is -0.494 e. The van der Waals surface area contributed by atoms with Crippen LogP contribution < -0.4 is 10.5 Å². The van der Waals surface area contributed by atoms with Crippen molar-refractivity contribution in [1.82, 2.24) is 0 Å². The first-order valence-corrected chi connectivity index (χ1v) is 8.48. The van der Waals surface area contributed by atoms with Crippen molar-refractivity contribution in [3.8, 4) is 5.75 Å². The molecule has 0 saturated carbocycles. The van der Waals surface area contributed by atoms with E-state index in [2.05, 4.69) is 0 Å². The van der Waals surface area contributed by atoms with Gasteiger partial charge in [-0.15, -0.1) is 0 Å². The Morgan fingerprint density at radius 3 is 2.62 bits per heavy atom. The molecule has 1 aromatic carbocycles. The predicted molar refractivity (Wildman–Crippen MR) is 81.4 cm³/mol. The van der Waals surface area contributed by atoms with Gasteiger partial charge in [0, 0.05) is 26.4 Å². The average Bonchev–Trinajstić information content (AvgIpc) is 2.45. The number of hydrogen-bond acceptors (Lipinski definition) is 6. The van der Waals surface area contributed by atoms with E-state index in [1.807, 2.05) is 6.92 Å². The summed E-state index contributed by atoms with van der Waals surface area (Å²) >= 11 is 0. The van der Waals surface area contributed by atoms with E-state index in [0.29, 0.717) is 25.6 Å². The van der Waals surface area contributed by atoms with Crippen LogP contribution in [-0.2, 0) is 19.3 Å². The Morgan fingerprint density at radius 1 is 1.19 bits per heavy atom. The molecule has 0 fully saturated rings. The number of methoxy groups -OCH3 is 1. The normalized spacial score (nSPS) is 11.5. The second-order valence-corrected chi connectivity index (χ2v) is 6.49. The lowest BCUT2D eigenvalue weighted by Crippen LogP contribution is -2.15. The molecule has 120 valence electrons. The molecule has 0 aliphatic heterocycles. The number of ether oxygens (including phenoxy) is 3. The Balaban J connectivity index is 2.63. The molecule has 0 amide bonds. The molecule has 0 aliphatic carbocycles. The highest BCUT2D eigenvalue weighted by Gasteiger charge is 2.18. The lowest BCUT2D eigenvalue weighted by atomic mass is 10.3. The summed E-state index contributed by atoms with van der Waals surface area (Å²) in [5.41, 5.74) is 5.97. The van der Waals surface area contributed by atoms with Crippen molar-refractivity contribution in [2.24, 2.45) is 0 Å². The molecule has 0 heterocycles. The second-order valence-electron chi connectivity index (χ2n) is 4.41. The maximum atomic E-state index is 12.3. The van der Waals surface area contributed by atoms with E-state index in [0.717, 1.165) is 6.42 Å². The van der Waals surface area contributed by atoms with E-state index >= 15 is 0 Å². The topological polar surface area (TPSA) is 87.9 Å². The summed E-state index contributed by atoms with van der Waals surface area (Å²) in [7, 11) is -1.88. The van der Waals surface area contributed by atoms with Crippen LogP contribution in [0.25, 0.3) is 0 Å². The van der Waals surface area contributed by atoms with Gasteiger partial charge >= 0.3 is 0 Å². The molecule has 0 aliphatic rings. The van der Waals surface area contributed by atoms with Crippen molar-refractivity contribution in [3.63, 3.8) is 0 Å². The molecule has 0 spiro atoms. The van der Waals surface area contributed by atoms with Crippen molar-refractivity contribution in [3.05, 3.63) is 18.2 Å². The lowest BCUT2D eigenvalue weighted by Gasteiger charge is -2.10. The van der Waals surface area contributed by atoms with Gasteiger partial charge in [-0.1, -0.05) is 0 Å². The maximum Gasteiger partial charge on any atom is 0.182 e. The number of nitrogen functional groups attached to an aromatic ring is 1. The lowest BCUT2D eigenvalue weighted by molar-refractivity contribution is 0.112. The molecule has 0 aromatic heterocycles. The molecule has 6 nitrogen and oxygen atoms in total. The standard InChI is InChI=1S/C14H23NO5S/c1-3-20-12-5-6-13(15)14(11-12)21(16,17)10-9-19-8-4-7-18-2/h5-6,11H,3-4,7-10,15H2,1-2H3. The molecule has 0 bridgehead atoms. The summed E-state index contributed by atoms with van der Waals surface area (Å²) in [5.74, 6) is 0.381. The molecular weight excluding hydrogens is 294 g/mol. The maximum absolute atomic E-state index is 12.3. The van der Waals surface area contributed by atoms with Gasteiger partial charge in [0.1, 0.15) is 5.75 Å². The number of sulfone groups is 1. The first-order chi connectivity index (χ1) is 10.0. The van der Waals surface area contributed by atoms with E-state index in [1.165, 1.54) is 12.1 Å². The number of nitrogens with two attached hydrogens (primary N) is 1. The van der Waals surface area contributed by atoms with E-state index in [-0.39, 0.29) is 22.9 Å². The van der Waals surface area contributed by atoms with Gasteiger partial charge < -0.3 is 19.9 Å². The Bertz CT molecular complexity index is 530. The summed E-state index contributed by atoms with van der Waals surface area (Å²) in [6.45, 7) is 3.49. The molecule has 0 unspecified atom stereocenters. The zero-order chi connectivity index (χ0) is 15.7. The number of anilines is 1. The Kier molecular flexibility index (Phi) is 7.49. The number of hydrogen-bond donors (Lipinski definition) is 1. The van der Waals surface area contributed by atoms with Crippen molar-refractivity contribution in [1.29, 1.82) is 0 Å². The SMILES string of the molecule is CCOc1ccc(N)c(S(=O)(=O)CCOCCCOC)c1. The Morgan fingerprint density at radius 2 is 1.95 bits per heavy atom. The highest BCUT2D eigenvalue weighted by atomic mass is 32.2. The fourth-order valence-electron chi connectivity index (χ4n) is 1.73. The van der Waals surface area contributed by atoms with Crippen molar-refractivity contribution >= 4 is 15.5 Å². The molecule has 1 rings (SSSR count). The van der Waals surface area contributed by atoms with Gasteiger partial charge in [-0.05, 0) is 25.5 Å². The third-order valence-corrected chi connectivity index (χ3v) is 4.49. The first-order valence-electron chi connectivity index (χ1n) is 6.83. The van der Waals surface area contributed by atoms with E-state index in [9.17, 15) is 8.42 Å². The van der Waals surface area contributed by atoms with E-state index < -0.39 is 9.84 Å². The van der Waals surface area contributed by atoms with E-state index in [4.69, 9.17) is 19.9 Å². The molecule has 21 heavy (non-hydrogen) atoms. The first kappa shape index (κ1) is 17.7. The summed E-state index contributed by atoms with van der Waals surface area (Å²) in [4.78, 5) is 0.0916. The zero-order valence-electron chi connectivity index (χ0n) is 12.5. The third-order valence-electron chi connectivity index (χ3n) is 2.76. The van der Waals surface area contributed by atoms with Crippen LogP contribution in [0.2, 0.25) is 0 Å². The summed E-state index contributed by atoms with van der Waals surface area (Å²) in [6, 6.07) is 4.65. The minimum absolute atomic E-state index is 0.0916. The summed E-state index contributed by atoms with van der Waals surface area (Å²) in [5, 5.41) is 0. The smallest absolute Gasteiger partial charge is 0.182 e. The summed E-state index contributed by atoms with van der Waals surface area (Å²) in [6.07, 6.45) is 0.735. The van der Waals surface area contributed by atoms with Gasteiger partial charge in [0.2, 0.25) is 0 Å². The van der Waals surface area contributed by atoms with Gasteiger partial charge in [0.05, 0.1) is 29.5 Å². The number of benzene rings is 1. The van der Waals surface area contributed by atoms with E-state index in [1.54, 1.807) is 13.2 Å². The van der Waals surface area contributed by atoms with Crippen LogP contribution in [0.3, 0.4) is 0 Å². The average molecular weight is 317 g/mol. The molecule has 0 atom stereocenters. The van der Waals surface area contributed by atoms with Crippen LogP contribution >= 0.6 is 0 Å². The molecule has 1 aromatic rings. The van der Waals surface area contributed by atoms with Crippen molar-refractivity contribution in [2.75, 3.05) is 45.0 Å². The fraction of sp³-hybridized carbons (Fsp3) is 0.571. The molecule has 0 saturated heterocycles. The van der Waals surface area contributed by atoms with Crippen LogP contribution in [0, 0.1) is 0 Å².